The van der Waals surface area contributed by atoms with Gasteiger partial charge in [-0.2, -0.15) is 0 Å². The van der Waals surface area contributed by atoms with E-state index in [0.29, 0.717) is 32.1 Å². The normalized spacial score (nSPS) is 10.5. The van der Waals surface area contributed by atoms with Gasteiger partial charge >= 0.3 is 5.97 Å². The van der Waals surface area contributed by atoms with Gasteiger partial charge in [-0.15, -0.1) is 0 Å². The van der Waals surface area contributed by atoms with Crippen molar-refractivity contribution >= 4 is 45.6 Å². The molecule has 0 saturated heterocycles. The molecule has 5 heteroatoms. The zero-order valence-corrected chi connectivity index (χ0v) is 10.5. The molecule has 0 atom stereocenters. The SMILES string of the molecule is COC(=O)c1cc(N)c2c(Cl)cc(Cl)cc2c1. The molecule has 0 heterocycles. The van der Waals surface area contributed by atoms with E-state index in [1.54, 1.807) is 18.2 Å². The molecular formula is C12H9Cl2NO2. The Morgan fingerprint density at radius 2 is 1.94 bits per heavy atom. The lowest BCUT2D eigenvalue weighted by molar-refractivity contribution is 0.0601. The first-order valence-electron chi connectivity index (χ1n) is 4.79. The van der Waals surface area contributed by atoms with Gasteiger partial charge in [0, 0.05) is 16.1 Å². The van der Waals surface area contributed by atoms with Gasteiger partial charge in [0.1, 0.15) is 0 Å². The lowest BCUT2D eigenvalue weighted by Crippen LogP contribution is -2.02. The van der Waals surface area contributed by atoms with E-state index in [1.165, 1.54) is 13.2 Å². The first-order valence-corrected chi connectivity index (χ1v) is 5.55. The van der Waals surface area contributed by atoms with Crippen LogP contribution in [0.5, 0.6) is 0 Å². The van der Waals surface area contributed by atoms with Gasteiger partial charge in [0.25, 0.3) is 0 Å². The van der Waals surface area contributed by atoms with Crippen LogP contribution in [0.15, 0.2) is 24.3 Å². The molecule has 0 aromatic heterocycles. The Bertz CT molecular complexity index is 611. The molecule has 2 aromatic carbocycles. The average Bonchev–Trinajstić information content (AvgIpc) is 2.26. The van der Waals surface area contributed by atoms with Gasteiger partial charge in [-0.3, -0.25) is 0 Å². The lowest BCUT2D eigenvalue weighted by Gasteiger charge is -2.08. The molecule has 0 spiro atoms. The number of anilines is 1. The summed E-state index contributed by atoms with van der Waals surface area (Å²) in [6.07, 6.45) is 0. The molecular weight excluding hydrogens is 261 g/mol. The van der Waals surface area contributed by atoms with Crippen molar-refractivity contribution in [2.45, 2.75) is 0 Å². The highest BCUT2D eigenvalue weighted by atomic mass is 35.5. The monoisotopic (exact) mass is 269 g/mol. The summed E-state index contributed by atoms with van der Waals surface area (Å²) in [5, 5.41) is 2.34. The summed E-state index contributed by atoms with van der Waals surface area (Å²) < 4.78 is 4.64. The number of carbonyl (C=O) groups excluding carboxylic acids is 1. The minimum atomic E-state index is -0.449. The van der Waals surface area contributed by atoms with Crippen molar-refractivity contribution in [2.24, 2.45) is 0 Å². The van der Waals surface area contributed by atoms with Gasteiger partial charge in [0.05, 0.1) is 17.7 Å². The highest BCUT2D eigenvalue weighted by Gasteiger charge is 2.11. The van der Waals surface area contributed by atoms with Gasteiger partial charge in [0.2, 0.25) is 0 Å². The molecule has 0 aliphatic heterocycles. The van der Waals surface area contributed by atoms with Crippen LogP contribution >= 0.6 is 23.2 Å². The number of esters is 1. The predicted octanol–water partition coefficient (Wildman–Crippen LogP) is 3.52. The molecule has 2 N–H and O–H groups in total. The summed E-state index contributed by atoms with van der Waals surface area (Å²) in [4.78, 5) is 11.4. The number of nitrogens with two attached hydrogens (primary N) is 1. The smallest absolute Gasteiger partial charge is 0.337 e. The predicted molar refractivity (Wildman–Crippen MR) is 69.7 cm³/mol. The molecule has 0 saturated carbocycles. The topological polar surface area (TPSA) is 52.3 Å². The summed E-state index contributed by atoms with van der Waals surface area (Å²) in [5.74, 6) is -0.449. The maximum atomic E-state index is 11.4. The zero-order chi connectivity index (χ0) is 12.6. The summed E-state index contributed by atoms with van der Waals surface area (Å²) in [5.41, 5.74) is 6.66. The molecule has 88 valence electrons. The number of hydrogen-bond acceptors (Lipinski definition) is 3. The van der Waals surface area contributed by atoms with Gasteiger partial charge in [-0.25, -0.2) is 4.79 Å². The second-order valence-electron chi connectivity index (χ2n) is 3.54. The van der Waals surface area contributed by atoms with E-state index in [1.807, 2.05) is 0 Å². The Hall–Kier alpha value is -1.45. The highest BCUT2D eigenvalue weighted by molar-refractivity contribution is 6.39. The van der Waals surface area contributed by atoms with E-state index in [2.05, 4.69) is 4.74 Å². The third-order valence-electron chi connectivity index (χ3n) is 2.42. The molecule has 17 heavy (non-hydrogen) atoms. The van der Waals surface area contributed by atoms with E-state index in [0.717, 1.165) is 0 Å². The van der Waals surface area contributed by atoms with E-state index >= 15 is 0 Å². The van der Waals surface area contributed by atoms with E-state index in [4.69, 9.17) is 28.9 Å². The Kier molecular flexibility index (Phi) is 3.13. The summed E-state index contributed by atoms with van der Waals surface area (Å²) in [6, 6.07) is 6.49. The third-order valence-corrected chi connectivity index (χ3v) is 2.93. The minimum absolute atomic E-state index is 0.371. The number of ether oxygens (including phenoxy) is 1. The highest BCUT2D eigenvalue weighted by Crippen LogP contribution is 2.33. The molecule has 0 unspecified atom stereocenters. The second-order valence-corrected chi connectivity index (χ2v) is 4.39. The summed E-state index contributed by atoms with van der Waals surface area (Å²) in [7, 11) is 1.31. The van der Waals surface area contributed by atoms with Crippen molar-refractivity contribution in [1.29, 1.82) is 0 Å². The van der Waals surface area contributed by atoms with Crippen LogP contribution in [-0.4, -0.2) is 13.1 Å². The first kappa shape index (κ1) is 12.0. The van der Waals surface area contributed by atoms with Crippen LogP contribution in [0.4, 0.5) is 5.69 Å². The molecule has 2 aromatic rings. The van der Waals surface area contributed by atoms with Crippen LogP contribution in [0.25, 0.3) is 10.8 Å². The Balaban J connectivity index is 2.77. The van der Waals surface area contributed by atoms with Crippen molar-refractivity contribution in [3.63, 3.8) is 0 Å². The fourth-order valence-electron chi connectivity index (χ4n) is 1.70. The van der Waals surface area contributed by atoms with Gasteiger partial charge in [0.15, 0.2) is 0 Å². The van der Waals surface area contributed by atoms with Crippen molar-refractivity contribution in [3.8, 4) is 0 Å². The summed E-state index contributed by atoms with van der Waals surface area (Å²) in [6.45, 7) is 0. The van der Waals surface area contributed by atoms with Gasteiger partial charge < -0.3 is 10.5 Å². The first-order chi connectivity index (χ1) is 8.02. The fraction of sp³-hybridized carbons (Fsp3) is 0.0833. The van der Waals surface area contributed by atoms with Crippen LogP contribution in [0.2, 0.25) is 10.0 Å². The molecule has 0 fully saturated rings. The maximum Gasteiger partial charge on any atom is 0.337 e. The second kappa shape index (κ2) is 4.43. The molecule has 0 aliphatic rings. The average molecular weight is 270 g/mol. The molecule has 2 rings (SSSR count). The van der Waals surface area contributed by atoms with Crippen molar-refractivity contribution in [2.75, 3.05) is 12.8 Å². The number of fused-ring (bicyclic) bond motifs is 1. The van der Waals surface area contributed by atoms with E-state index in [9.17, 15) is 4.79 Å². The van der Waals surface area contributed by atoms with E-state index < -0.39 is 5.97 Å². The quantitative estimate of drug-likeness (QED) is 0.637. The number of methoxy groups -OCH3 is 1. The fourth-order valence-corrected chi connectivity index (χ4v) is 2.31. The van der Waals surface area contributed by atoms with Crippen molar-refractivity contribution in [1.82, 2.24) is 0 Å². The number of halogens is 2. The Morgan fingerprint density at radius 1 is 1.24 bits per heavy atom. The number of hydrogen-bond donors (Lipinski definition) is 1. The molecule has 0 radical (unpaired) electrons. The minimum Gasteiger partial charge on any atom is -0.465 e. The van der Waals surface area contributed by atoms with Crippen molar-refractivity contribution < 1.29 is 9.53 Å². The molecule has 0 aliphatic carbocycles. The van der Waals surface area contributed by atoms with Gasteiger partial charge in [-0.1, -0.05) is 23.2 Å². The van der Waals surface area contributed by atoms with Gasteiger partial charge in [-0.05, 0) is 29.7 Å². The number of benzene rings is 2. The molecule has 0 bridgehead atoms. The number of nitrogen functional groups attached to an aromatic ring is 1. The largest absolute Gasteiger partial charge is 0.465 e. The lowest BCUT2D eigenvalue weighted by atomic mass is 10.0. The Labute approximate surface area is 108 Å². The molecule has 3 nitrogen and oxygen atoms in total. The van der Waals surface area contributed by atoms with Crippen molar-refractivity contribution in [3.05, 3.63) is 39.9 Å². The van der Waals surface area contributed by atoms with E-state index in [-0.39, 0.29) is 0 Å². The van der Waals surface area contributed by atoms with Crippen LogP contribution in [0.1, 0.15) is 10.4 Å². The zero-order valence-electron chi connectivity index (χ0n) is 8.96. The van der Waals surface area contributed by atoms with Crippen LogP contribution in [0.3, 0.4) is 0 Å². The van der Waals surface area contributed by atoms with Crippen LogP contribution in [-0.2, 0) is 4.74 Å². The Morgan fingerprint density at radius 3 is 2.59 bits per heavy atom. The van der Waals surface area contributed by atoms with Crippen LogP contribution in [0, 0.1) is 0 Å². The third kappa shape index (κ3) is 2.16. The molecule has 0 amide bonds. The number of rotatable bonds is 1. The number of carbonyl (C=O) groups is 1. The standard InChI is InChI=1S/C12H9Cl2NO2/c1-17-12(16)7-2-6-3-8(13)5-9(14)11(6)10(15)4-7/h2-5H,15H2,1H3. The summed E-state index contributed by atoms with van der Waals surface area (Å²) >= 11 is 12.0. The van der Waals surface area contributed by atoms with Crippen LogP contribution < -0.4 is 5.73 Å². The maximum absolute atomic E-state index is 11.4.